The van der Waals surface area contributed by atoms with E-state index in [4.69, 9.17) is 9.47 Å². The van der Waals surface area contributed by atoms with Gasteiger partial charge >= 0.3 is 11.8 Å². The summed E-state index contributed by atoms with van der Waals surface area (Å²) in [7, 11) is 1.42. The molecular formula is C16H22N2O4. The van der Waals surface area contributed by atoms with Crippen LogP contribution in [-0.2, 0) is 25.7 Å². The van der Waals surface area contributed by atoms with Gasteiger partial charge < -0.3 is 20.1 Å². The maximum absolute atomic E-state index is 11.5. The van der Waals surface area contributed by atoms with E-state index < -0.39 is 11.8 Å². The molecule has 0 bridgehead atoms. The quantitative estimate of drug-likeness (QED) is 0.807. The van der Waals surface area contributed by atoms with E-state index in [1.54, 1.807) is 12.1 Å². The van der Waals surface area contributed by atoms with Crippen molar-refractivity contribution in [1.82, 2.24) is 5.32 Å². The third kappa shape index (κ3) is 5.13. The summed E-state index contributed by atoms with van der Waals surface area (Å²) in [5.74, 6) is -1.35. The van der Waals surface area contributed by atoms with Gasteiger partial charge in [-0.3, -0.25) is 9.59 Å². The Morgan fingerprint density at radius 3 is 2.91 bits per heavy atom. The highest BCUT2D eigenvalue weighted by Crippen LogP contribution is 2.15. The van der Waals surface area contributed by atoms with E-state index in [0.717, 1.165) is 25.0 Å². The number of anilines is 1. The van der Waals surface area contributed by atoms with Gasteiger partial charge in [-0.2, -0.15) is 0 Å². The van der Waals surface area contributed by atoms with E-state index >= 15 is 0 Å². The zero-order valence-corrected chi connectivity index (χ0v) is 12.8. The SMILES string of the molecule is CNC(=O)C(=O)Nc1cccc(COCC2CCCCO2)c1. The van der Waals surface area contributed by atoms with Crippen LogP contribution in [0.15, 0.2) is 24.3 Å². The fourth-order valence-electron chi connectivity index (χ4n) is 2.29. The second-order valence-corrected chi connectivity index (χ2v) is 5.24. The number of amides is 2. The van der Waals surface area contributed by atoms with Crippen LogP contribution < -0.4 is 10.6 Å². The number of likely N-dealkylation sites (N-methyl/N-ethyl adjacent to an activating group) is 1. The Morgan fingerprint density at radius 1 is 1.32 bits per heavy atom. The molecule has 1 aliphatic heterocycles. The third-order valence-electron chi connectivity index (χ3n) is 3.46. The van der Waals surface area contributed by atoms with Crippen molar-refractivity contribution in [3.8, 4) is 0 Å². The highest BCUT2D eigenvalue weighted by molar-refractivity contribution is 6.39. The molecule has 1 aromatic rings. The molecule has 22 heavy (non-hydrogen) atoms. The van der Waals surface area contributed by atoms with Crippen molar-refractivity contribution < 1.29 is 19.1 Å². The standard InChI is InChI=1S/C16H22N2O4/c1-17-15(19)16(20)18-13-6-4-5-12(9-13)10-21-11-14-7-2-3-8-22-14/h4-6,9,14H,2-3,7-8,10-11H2,1H3,(H,17,19)(H,18,20). The van der Waals surface area contributed by atoms with Crippen molar-refractivity contribution in [2.24, 2.45) is 0 Å². The van der Waals surface area contributed by atoms with E-state index in [-0.39, 0.29) is 6.10 Å². The van der Waals surface area contributed by atoms with Gasteiger partial charge in [-0.1, -0.05) is 12.1 Å². The topological polar surface area (TPSA) is 76.7 Å². The van der Waals surface area contributed by atoms with Gasteiger partial charge in [0.1, 0.15) is 0 Å². The third-order valence-corrected chi connectivity index (χ3v) is 3.46. The van der Waals surface area contributed by atoms with Gasteiger partial charge in [0.25, 0.3) is 0 Å². The molecule has 1 unspecified atom stereocenters. The average molecular weight is 306 g/mol. The molecule has 1 saturated heterocycles. The van der Waals surface area contributed by atoms with Crippen molar-refractivity contribution in [2.45, 2.75) is 32.0 Å². The highest BCUT2D eigenvalue weighted by Gasteiger charge is 2.14. The summed E-state index contributed by atoms with van der Waals surface area (Å²) in [4.78, 5) is 22.7. The molecule has 2 N–H and O–H groups in total. The molecule has 2 amide bonds. The molecule has 0 saturated carbocycles. The minimum absolute atomic E-state index is 0.185. The fourth-order valence-corrected chi connectivity index (χ4v) is 2.29. The van der Waals surface area contributed by atoms with Crippen LogP contribution in [0.2, 0.25) is 0 Å². The number of carbonyl (C=O) groups is 2. The lowest BCUT2D eigenvalue weighted by atomic mass is 10.1. The summed E-state index contributed by atoms with van der Waals surface area (Å²) in [6.07, 6.45) is 3.55. The number of carbonyl (C=O) groups excluding carboxylic acids is 2. The molecule has 1 atom stereocenters. The Kier molecular flexibility index (Phi) is 6.36. The summed E-state index contributed by atoms with van der Waals surface area (Å²) >= 11 is 0. The molecule has 6 nitrogen and oxygen atoms in total. The predicted molar refractivity (Wildman–Crippen MR) is 82.4 cm³/mol. The minimum atomic E-state index is -0.684. The number of nitrogens with one attached hydrogen (secondary N) is 2. The molecule has 120 valence electrons. The van der Waals surface area contributed by atoms with Gasteiger partial charge in [-0.05, 0) is 37.0 Å². The highest BCUT2D eigenvalue weighted by atomic mass is 16.5. The molecule has 0 radical (unpaired) electrons. The van der Waals surface area contributed by atoms with Crippen molar-refractivity contribution in [2.75, 3.05) is 25.6 Å². The molecule has 1 heterocycles. The van der Waals surface area contributed by atoms with E-state index in [1.165, 1.54) is 13.5 Å². The average Bonchev–Trinajstić information content (AvgIpc) is 2.55. The summed E-state index contributed by atoms with van der Waals surface area (Å²) in [5.41, 5.74) is 1.51. The van der Waals surface area contributed by atoms with Crippen molar-refractivity contribution >= 4 is 17.5 Å². The van der Waals surface area contributed by atoms with E-state index in [2.05, 4.69) is 10.6 Å². The smallest absolute Gasteiger partial charge is 0.313 e. The van der Waals surface area contributed by atoms with E-state index in [9.17, 15) is 9.59 Å². The van der Waals surface area contributed by atoms with Crippen LogP contribution in [0.25, 0.3) is 0 Å². The molecule has 1 aliphatic rings. The van der Waals surface area contributed by atoms with Crippen molar-refractivity contribution in [1.29, 1.82) is 0 Å². The van der Waals surface area contributed by atoms with Crippen molar-refractivity contribution in [3.63, 3.8) is 0 Å². The molecule has 0 aliphatic carbocycles. The maximum atomic E-state index is 11.5. The Hall–Kier alpha value is -1.92. The van der Waals surface area contributed by atoms with E-state index in [0.29, 0.717) is 18.9 Å². The zero-order chi connectivity index (χ0) is 15.8. The lowest BCUT2D eigenvalue weighted by Crippen LogP contribution is -2.32. The number of benzene rings is 1. The number of rotatable bonds is 5. The van der Waals surface area contributed by atoms with Crippen LogP contribution in [0.3, 0.4) is 0 Å². The Bertz CT molecular complexity index is 513. The van der Waals surface area contributed by atoms with Gasteiger partial charge in [0, 0.05) is 19.3 Å². The van der Waals surface area contributed by atoms with Gasteiger partial charge in [0.15, 0.2) is 0 Å². The Labute approximate surface area is 130 Å². The second kappa shape index (κ2) is 8.51. The lowest BCUT2D eigenvalue weighted by Gasteiger charge is -2.22. The maximum Gasteiger partial charge on any atom is 0.313 e. The molecule has 0 aromatic heterocycles. The lowest BCUT2D eigenvalue weighted by molar-refractivity contribution is -0.135. The minimum Gasteiger partial charge on any atom is -0.376 e. The molecule has 1 aromatic carbocycles. The largest absolute Gasteiger partial charge is 0.376 e. The molecule has 6 heteroatoms. The first-order valence-corrected chi connectivity index (χ1v) is 7.50. The first kappa shape index (κ1) is 16.5. The molecule has 1 fully saturated rings. The van der Waals surface area contributed by atoms with E-state index in [1.807, 2.05) is 12.1 Å². The predicted octanol–water partition coefficient (Wildman–Crippen LogP) is 1.46. The molecule has 2 rings (SSSR count). The number of hydrogen-bond donors (Lipinski definition) is 2. The monoisotopic (exact) mass is 306 g/mol. The van der Waals surface area contributed by atoms with Crippen molar-refractivity contribution in [3.05, 3.63) is 29.8 Å². The first-order valence-electron chi connectivity index (χ1n) is 7.50. The van der Waals surface area contributed by atoms with Gasteiger partial charge in [-0.25, -0.2) is 0 Å². The Morgan fingerprint density at radius 2 is 2.18 bits per heavy atom. The Balaban J connectivity index is 1.80. The van der Waals surface area contributed by atoms with Gasteiger partial charge in [0.2, 0.25) is 0 Å². The van der Waals surface area contributed by atoms with Gasteiger partial charge in [-0.15, -0.1) is 0 Å². The normalized spacial score (nSPS) is 17.8. The van der Waals surface area contributed by atoms with Gasteiger partial charge in [0.05, 0.1) is 19.3 Å². The summed E-state index contributed by atoms with van der Waals surface area (Å²) in [6.45, 7) is 1.84. The van der Waals surface area contributed by atoms with Crippen LogP contribution in [0.5, 0.6) is 0 Å². The zero-order valence-electron chi connectivity index (χ0n) is 12.8. The number of hydrogen-bond acceptors (Lipinski definition) is 4. The van der Waals surface area contributed by atoms with Crippen LogP contribution in [0, 0.1) is 0 Å². The van der Waals surface area contributed by atoms with Crippen LogP contribution >= 0.6 is 0 Å². The van der Waals surface area contributed by atoms with Crippen LogP contribution in [0.1, 0.15) is 24.8 Å². The van der Waals surface area contributed by atoms with Crippen LogP contribution in [0.4, 0.5) is 5.69 Å². The molecule has 0 spiro atoms. The first-order chi connectivity index (χ1) is 10.7. The summed E-state index contributed by atoms with van der Waals surface area (Å²) < 4.78 is 11.3. The molecular weight excluding hydrogens is 284 g/mol. The summed E-state index contributed by atoms with van der Waals surface area (Å²) in [6, 6.07) is 7.25. The number of ether oxygens (including phenoxy) is 2. The second-order valence-electron chi connectivity index (χ2n) is 5.24. The summed E-state index contributed by atoms with van der Waals surface area (Å²) in [5, 5.41) is 4.82. The van der Waals surface area contributed by atoms with Crippen LogP contribution in [-0.4, -0.2) is 38.2 Å². The fraction of sp³-hybridized carbons (Fsp3) is 0.500.